The van der Waals surface area contributed by atoms with Gasteiger partial charge in [0.25, 0.3) is 0 Å². The molecule has 2 heterocycles. The maximum atomic E-state index is 13.6. The first-order valence-electron chi connectivity index (χ1n) is 11.5. The zero-order chi connectivity index (χ0) is 22.3. The molecule has 0 N–H and O–H groups in total. The van der Waals surface area contributed by atoms with Crippen molar-refractivity contribution in [2.75, 3.05) is 78.8 Å². The van der Waals surface area contributed by atoms with Crippen molar-refractivity contribution in [1.82, 2.24) is 14.1 Å². The number of hydrogen-bond acceptors (Lipinski definition) is 6. The maximum Gasteiger partial charge on any atom is 0.243 e. The van der Waals surface area contributed by atoms with E-state index in [1.165, 1.54) is 0 Å². The molecule has 7 nitrogen and oxygen atoms in total. The van der Waals surface area contributed by atoms with Crippen LogP contribution in [0.25, 0.3) is 0 Å². The fraction of sp³-hybridized carbons (Fsp3) is 0.739. The van der Waals surface area contributed by atoms with E-state index in [2.05, 4.69) is 23.6 Å². The van der Waals surface area contributed by atoms with Crippen molar-refractivity contribution in [1.29, 1.82) is 0 Å². The predicted molar refractivity (Wildman–Crippen MR) is 123 cm³/mol. The van der Waals surface area contributed by atoms with Crippen LogP contribution in [-0.2, 0) is 19.5 Å². The molecule has 0 bridgehead atoms. The van der Waals surface area contributed by atoms with Crippen molar-refractivity contribution in [3.63, 3.8) is 0 Å². The van der Waals surface area contributed by atoms with Gasteiger partial charge in [0.2, 0.25) is 10.0 Å². The van der Waals surface area contributed by atoms with Gasteiger partial charge in [0.15, 0.2) is 0 Å². The van der Waals surface area contributed by atoms with Crippen LogP contribution in [0.1, 0.15) is 19.4 Å². The van der Waals surface area contributed by atoms with Gasteiger partial charge in [-0.2, -0.15) is 4.31 Å². The van der Waals surface area contributed by atoms with E-state index in [1.54, 1.807) is 16.4 Å². The fourth-order valence-corrected chi connectivity index (χ4v) is 6.07. The summed E-state index contributed by atoms with van der Waals surface area (Å²) < 4.78 is 39.7. The van der Waals surface area contributed by atoms with Gasteiger partial charge in [-0.1, -0.05) is 31.5 Å². The van der Waals surface area contributed by atoms with Crippen molar-refractivity contribution in [3.8, 4) is 0 Å². The van der Waals surface area contributed by atoms with Crippen molar-refractivity contribution < 1.29 is 17.9 Å². The Morgan fingerprint density at radius 1 is 0.839 bits per heavy atom. The Balaban J connectivity index is 1.69. The molecular weight excluding hydrogens is 414 g/mol. The van der Waals surface area contributed by atoms with Gasteiger partial charge in [0.05, 0.1) is 31.3 Å². The summed E-state index contributed by atoms with van der Waals surface area (Å²) in [7, 11) is -3.54. The molecule has 31 heavy (non-hydrogen) atoms. The van der Waals surface area contributed by atoms with Crippen molar-refractivity contribution >= 4 is 10.0 Å². The van der Waals surface area contributed by atoms with Gasteiger partial charge in [-0.05, 0) is 30.9 Å². The van der Waals surface area contributed by atoms with Crippen molar-refractivity contribution in [2.24, 2.45) is 11.8 Å². The molecular formula is C23H39N3O4S. The Morgan fingerprint density at radius 3 is 1.68 bits per heavy atom. The number of benzene rings is 1. The average molecular weight is 454 g/mol. The minimum Gasteiger partial charge on any atom is -0.379 e. The lowest BCUT2D eigenvalue weighted by Gasteiger charge is -2.34. The number of aryl methyl sites for hydroxylation is 1. The Hall–Kier alpha value is -1.03. The first-order valence-corrected chi connectivity index (χ1v) is 13.0. The molecule has 0 radical (unpaired) electrons. The van der Waals surface area contributed by atoms with E-state index in [4.69, 9.17) is 9.47 Å². The molecule has 2 fully saturated rings. The van der Waals surface area contributed by atoms with Gasteiger partial charge in [-0.15, -0.1) is 0 Å². The first-order chi connectivity index (χ1) is 14.8. The molecule has 0 aromatic heterocycles. The second-order valence-corrected chi connectivity index (χ2v) is 11.1. The highest BCUT2D eigenvalue weighted by atomic mass is 32.2. The van der Waals surface area contributed by atoms with E-state index in [0.717, 1.165) is 71.3 Å². The summed E-state index contributed by atoms with van der Waals surface area (Å²) >= 11 is 0. The van der Waals surface area contributed by atoms with Gasteiger partial charge < -0.3 is 9.47 Å². The molecule has 0 aliphatic carbocycles. The molecule has 3 rings (SSSR count). The van der Waals surface area contributed by atoms with E-state index >= 15 is 0 Å². The Labute approximate surface area is 188 Å². The zero-order valence-corrected chi connectivity index (χ0v) is 20.1. The van der Waals surface area contributed by atoms with Gasteiger partial charge in [-0.3, -0.25) is 9.80 Å². The number of ether oxygens (including phenoxy) is 2. The molecule has 2 aliphatic rings. The SMILES string of the molecule is Cc1ccc(S(=O)(=O)N(CC(C)CN2CCOCC2)CC(C)CN2CCOCC2)cc1. The van der Waals surface area contributed by atoms with Crippen LogP contribution in [0.5, 0.6) is 0 Å². The van der Waals surface area contributed by atoms with Gasteiger partial charge in [0.1, 0.15) is 0 Å². The molecule has 0 spiro atoms. The van der Waals surface area contributed by atoms with Gasteiger partial charge in [-0.25, -0.2) is 8.42 Å². The fourth-order valence-electron chi connectivity index (χ4n) is 4.39. The Morgan fingerprint density at radius 2 is 1.26 bits per heavy atom. The highest BCUT2D eigenvalue weighted by Gasteiger charge is 2.29. The van der Waals surface area contributed by atoms with E-state index in [9.17, 15) is 8.42 Å². The second kappa shape index (κ2) is 11.7. The predicted octanol–water partition coefficient (Wildman–Crippen LogP) is 1.92. The molecule has 0 saturated carbocycles. The van der Waals surface area contributed by atoms with E-state index in [1.807, 2.05) is 19.1 Å². The lowest BCUT2D eigenvalue weighted by molar-refractivity contribution is 0.0278. The molecule has 1 aromatic carbocycles. The molecule has 2 unspecified atom stereocenters. The quantitative estimate of drug-likeness (QED) is 0.539. The van der Waals surface area contributed by atoms with Crippen molar-refractivity contribution in [2.45, 2.75) is 25.7 Å². The van der Waals surface area contributed by atoms with Crippen LogP contribution >= 0.6 is 0 Å². The minimum atomic E-state index is -3.54. The highest BCUT2D eigenvalue weighted by molar-refractivity contribution is 7.89. The molecule has 2 aliphatic heterocycles. The normalized spacial score (nSPS) is 21.3. The summed E-state index contributed by atoms with van der Waals surface area (Å²) in [4.78, 5) is 5.14. The third-order valence-electron chi connectivity index (χ3n) is 6.04. The smallest absolute Gasteiger partial charge is 0.243 e. The topological polar surface area (TPSA) is 62.3 Å². The van der Waals surface area contributed by atoms with Crippen LogP contribution in [0.2, 0.25) is 0 Å². The number of rotatable bonds is 10. The van der Waals surface area contributed by atoms with E-state index in [0.29, 0.717) is 18.0 Å². The summed E-state index contributed by atoms with van der Waals surface area (Å²) in [5.41, 5.74) is 1.06. The minimum absolute atomic E-state index is 0.244. The number of nitrogens with zero attached hydrogens (tertiary/aromatic N) is 3. The molecule has 176 valence electrons. The summed E-state index contributed by atoms with van der Waals surface area (Å²) in [6.45, 7) is 15.8. The third-order valence-corrected chi connectivity index (χ3v) is 7.88. The molecule has 0 amide bonds. The van der Waals surface area contributed by atoms with Gasteiger partial charge >= 0.3 is 0 Å². The zero-order valence-electron chi connectivity index (χ0n) is 19.3. The highest BCUT2D eigenvalue weighted by Crippen LogP contribution is 2.20. The van der Waals surface area contributed by atoms with Gasteiger partial charge in [0, 0.05) is 52.4 Å². The number of morpholine rings is 2. The lowest BCUT2D eigenvalue weighted by Crippen LogP contribution is -2.45. The lowest BCUT2D eigenvalue weighted by atomic mass is 10.1. The Bertz CT molecular complexity index is 732. The number of sulfonamides is 1. The van der Waals surface area contributed by atoms with Crippen LogP contribution < -0.4 is 0 Å². The Kier molecular flexibility index (Phi) is 9.31. The molecule has 2 atom stereocenters. The van der Waals surface area contributed by atoms with Crippen LogP contribution in [0.4, 0.5) is 0 Å². The molecule has 1 aromatic rings. The molecule has 2 saturated heterocycles. The van der Waals surface area contributed by atoms with Crippen LogP contribution in [0, 0.1) is 18.8 Å². The second-order valence-electron chi connectivity index (χ2n) is 9.17. The summed E-state index contributed by atoms with van der Waals surface area (Å²) in [5, 5.41) is 0. The van der Waals surface area contributed by atoms with E-state index < -0.39 is 10.0 Å². The van der Waals surface area contributed by atoms with E-state index in [-0.39, 0.29) is 11.8 Å². The number of hydrogen-bond donors (Lipinski definition) is 0. The monoisotopic (exact) mass is 453 g/mol. The van der Waals surface area contributed by atoms with Crippen LogP contribution in [0.15, 0.2) is 29.2 Å². The van der Waals surface area contributed by atoms with Crippen LogP contribution in [0.3, 0.4) is 0 Å². The standard InChI is InChI=1S/C23H39N3O4S/c1-20-4-6-23(7-5-20)31(27,28)26(18-21(2)16-24-8-12-29-13-9-24)19-22(3)17-25-10-14-30-15-11-25/h4-7,21-22H,8-19H2,1-3H3. The van der Waals surface area contributed by atoms with Crippen LogP contribution in [-0.4, -0.2) is 101 Å². The average Bonchev–Trinajstić information content (AvgIpc) is 2.75. The first kappa shape index (κ1) is 24.6. The third kappa shape index (κ3) is 7.51. The molecule has 8 heteroatoms. The summed E-state index contributed by atoms with van der Waals surface area (Å²) in [6.07, 6.45) is 0. The summed E-state index contributed by atoms with van der Waals surface area (Å²) in [6, 6.07) is 7.21. The van der Waals surface area contributed by atoms with Crippen molar-refractivity contribution in [3.05, 3.63) is 29.8 Å². The summed E-state index contributed by atoms with van der Waals surface area (Å²) in [5.74, 6) is 0.489. The largest absolute Gasteiger partial charge is 0.379 e. The maximum absolute atomic E-state index is 13.6.